The SMILES string of the molecule is C#Cc1ncn2c1Cc1c(C)[nH]n1-c1ccccc1-2. The summed E-state index contributed by atoms with van der Waals surface area (Å²) in [4.78, 5) is 4.33. The molecule has 0 bridgehead atoms. The van der Waals surface area contributed by atoms with Crippen molar-refractivity contribution in [1.29, 1.82) is 0 Å². The Bertz CT molecular complexity index is 823. The van der Waals surface area contributed by atoms with Gasteiger partial charge in [-0.2, -0.15) is 0 Å². The second kappa shape index (κ2) is 3.42. The van der Waals surface area contributed by atoms with Crippen molar-refractivity contribution >= 4 is 0 Å². The maximum Gasteiger partial charge on any atom is 0.134 e. The number of hydrogen-bond acceptors (Lipinski definition) is 1. The highest BCUT2D eigenvalue weighted by molar-refractivity contribution is 5.57. The fourth-order valence-electron chi connectivity index (χ4n) is 2.72. The summed E-state index contributed by atoms with van der Waals surface area (Å²) in [5.74, 6) is 2.67. The van der Waals surface area contributed by atoms with Gasteiger partial charge in [0.05, 0.1) is 28.5 Å². The third-order valence-electron chi connectivity index (χ3n) is 3.70. The molecule has 0 atom stereocenters. The van der Waals surface area contributed by atoms with E-state index < -0.39 is 0 Å². The van der Waals surface area contributed by atoms with Crippen LogP contribution in [0.1, 0.15) is 22.8 Å². The first-order valence-electron chi connectivity index (χ1n) is 6.18. The van der Waals surface area contributed by atoms with Crippen LogP contribution in [0.25, 0.3) is 11.4 Å². The fourth-order valence-corrected chi connectivity index (χ4v) is 2.72. The summed E-state index contributed by atoms with van der Waals surface area (Å²) in [5, 5.41) is 3.33. The summed E-state index contributed by atoms with van der Waals surface area (Å²) in [6.45, 7) is 2.08. The number of imidazole rings is 1. The molecular weight excluding hydrogens is 236 g/mol. The molecule has 0 spiro atoms. The molecule has 0 saturated carbocycles. The van der Waals surface area contributed by atoms with E-state index in [-0.39, 0.29) is 0 Å². The van der Waals surface area contributed by atoms with Gasteiger partial charge in [0.1, 0.15) is 12.0 Å². The van der Waals surface area contributed by atoms with Crippen molar-refractivity contribution in [1.82, 2.24) is 19.3 Å². The zero-order valence-corrected chi connectivity index (χ0v) is 10.5. The lowest BCUT2D eigenvalue weighted by molar-refractivity contribution is 0.691. The Hall–Kier alpha value is -2.67. The molecule has 0 radical (unpaired) electrons. The van der Waals surface area contributed by atoms with Gasteiger partial charge >= 0.3 is 0 Å². The van der Waals surface area contributed by atoms with Crippen molar-refractivity contribution in [2.45, 2.75) is 13.3 Å². The van der Waals surface area contributed by atoms with Crippen LogP contribution in [0.2, 0.25) is 0 Å². The molecule has 3 aromatic rings. The molecule has 1 aliphatic rings. The number of rotatable bonds is 0. The van der Waals surface area contributed by atoms with E-state index >= 15 is 0 Å². The third-order valence-corrected chi connectivity index (χ3v) is 3.70. The van der Waals surface area contributed by atoms with Gasteiger partial charge in [-0.15, -0.1) is 6.42 Å². The van der Waals surface area contributed by atoms with Gasteiger partial charge in [-0.05, 0) is 25.0 Å². The van der Waals surface area contributed by atoms with Crippen LogP contribution in [0.4, 0.5) is 0 Å². The predicted molar refractivity (Wildman–Crippen MR) is 72.7 cm³/mol. The molecule has 0 amide bonds. The van der Waals surface area contributed by atoms with E-state index in [0.717, 1.165) is 29.2 Å². The molecule has 2 aromatic heterocycles. The largest absolute Gasteiger partial charge is 0.299 e. The summed E-state index contributed by atoms with van der Waals surface area (Å²) < 4.78 is 4.21. The summed E-state index contributed by atoms with van der Waals surface area (Å²) >= 11 is 0. The molecule has 0 saturated heterocycles. The highest BCUT2D eigenvalue weighted by Gasteiger charge is 2.24. The molecule has 1 aromatic carbocycles. The van der Waals surface area contributed by atoms with Crippen LogP contribution >= 0.6 is 0 Å². The molecule has 3 heterocycles. The standard InChI is InChI=1S/C15H12N4/c1-3-11-15-8-14-10(2)17-19(14)13-7-5-4-6-12(13)18(15)9-16-11/h1,4-7,9,17H,8H2,2H3. The van der Waals surface area contributed by atoms with Crippen LogP contribution in [0.15, 0.2) is 30.6 Å². The van der Waals surface area contributed by atoms with Crippen LogP contribution in [0.5, 0.6) is 0 Å². The first-order chi connectivity index (χ1) is 9.29. The molecule has 92 valence electrons. The fraction of sp³-hybridized carbons (Fsp3) is 0.133. The van der Waals surface area contributed by atoms with Gasteiger partial charge in [0.2, 0.25) is 0 Å². The number of terminal acetylenes is 1. The van der Waals surface area contributed by atoms with Crippen LogP contribution in [0.3, 0.4) is 0 Å². The number of aromatic nitrogens is 4. The smallest absolute Gasteiger partial charge is 0.134 e. The van der Waals surface area contributed by atoms with E-state index in [2.05, 4.69) is 44.3 Å². The van der Waals surface area contributed by atoms with Crippen molar-refractivity contribution in [3.63, 3.8) is 0 Å². The van der Waals surface area contributed by atoms with Crippen molar-refractivity contribution in [2.24, 2.45) is 0 Å². The van der Waals surface area contributed by atoms with Crippen molar-refractivity contribution in [2.75, 3.05) is 0 Å². The lowest BCUT2D eigenvalue weighted by atomic mass is 10.1. The van der Waals surface area contributed by atoms with Gasteiger partial charge in [0, 0.05) is 6.42 Å². The molecular formula is C15H12N4. The average Bonchev–Trinajstić information content (AvgIpc) is 2.80. The van der Waals surface area contributed by atoms with Crippen LogP contribution in [-0.2, 0) is 6.42 Å². The molecule has 19 heavy (non-hydrogen) atoms. The maximum absolute atomic E-state index is 5.55. The third kappa shape index (κ3) is 1.22. The first kappa shape index (κ1) is 10.3. The minimum atomic E-state index is 0.726. The highest BCUT2D eigenvalue weighted by Crippen LogP contribution is 2.30. The minimum absolute atomic E-state index is 0.726. The molecule has 1 N–H and O–H groups in total. The normalized spacial score (nSPS) is 12.2. The second-order valence-electron chi connectivity index (χ2n) is 4.74. The molecule has 4 nitrogen and oxygen atoms in total. The van der Waals surface area contributed by atoms with Gasteiger partial charge in [-0.3, -0.25) is 14.3 Å². The monoisotopic (exact) mass is 248 g/mol. The maximum atomic E-state index is 5.55. The number of aryl methyl sites for hydroxylation is 1. The number of aromatic amines is 1. The topological polar surface area (TPSA) is 38.5 Å². The minimum Gasteiger partial charge on any atom is -0.299 e. The van der Waals surface area contributed by atoms with Crippen LogP contribution in [0, 0.1) is 19.3 Å². The first-order valence-corrected chi connectivity index (χ1v) is 6.18. The number of fused-ring (bicyclic) bond motifs is 5. The van der Waals surface area contributed by atoms with Crippen LogP contribution < -0.4 is 0 Å². The Labute approximate surface area is 110 Å². The van der Waals surface area contributed by atoms with Gasteiger partial charge in [0.15, 0.2) is 0 Å². The lowest BCUT2D eigenvalue weighted by Gasteiger charge is -2.20. The zero-order chi connectivity index (χ0) is 13.0. The van der Waals surface area contributed by atoms with E-state index in [1.54, 1.807) is 0 Å². The quantitative estimate of drug-likeness (QED) is 0.476. The Morgan fingerprint density at radius 2 is 2.05 bits per heavy atom. The highest BCUT2D eigenvalue weighted by atomic mass is 15.3. The Balaban J connectivity index is 2.10. The molecule has 0 fully saturated rings. The number of nitrogens with one attached hydrogen (secondary N) is 1. The number of benzene rings is 1. The number of nitrogens with zero attached hydrogens (tertiary/aromatic N) is 3. The summed E-state index contributed by atoms with van der Waals surface area (Å²) in [5.41, 5.74) is 6.47. The Morgan fingerprint density at radius 3 is 2.79 bits per heavy atom. The van der Waals surface area contributed by atoms with Crippen molar-refractivity contribution < 1.29 is 0 Å². The van der Waals surface area contributed by atoms with Gasteiger partial charge in [-0.1, -0.05) is 12.1 Å². The average molecular weight is 248 g/mol. The number of hydrogen-bond donors (Lipinski definition) is 1. The van der Waals surface area contributed by atoms with E-state index in [4.69, 9.17) is 6.42 Å². The Morgan fingerprint density at radius 1 is 1.26 bits per heavy atom. The lowest BCUT2D eigenvalue weighted by Crippen LogP contribution is -2.17. The summed E-state index contributed by atoms with van der Waals surface area (Å²) in [6.07, 6.45) is 8.16. The van der Waals surface area contributed by atoms with E-state index in [0.29, 0.717) is 0 Å². The van der Waals surface area contributed by atoms with Gasteiger partial charge in [-0.25, -0.2) is 4.98 Å². The molecule has 0 aliphatic carbocycles. The van der Waals surface area contributed by atoms with Crippen molar-refractivity contribution in [3.05, 3.63) is 53.4 Å². The molecule has 0 unspecified atom stereocenters. The van der Waals surface area contributed by atoms with E-state index in [9.17, 15) is 0 Å². The number of para-hydroxylation sites is 2. The Kier molecular flexibility index (Phi) is 1.85. The zero-order valence-electron chi connectivity index (χ0n) is 10.5. The second-order valence-corrected chi connectivity index (χ2v) is 4.74. The molecule has 4 heteroatoms. The summed E-state index contributed by atoms with van der Waals surface area (Å²) in [7, 11) is 0. The molecule has 4 rings (SSSR count). The van der Waals surface area contributed by atoms with Gasteiger partial charge in [0.25, 0.3) is 0 Å². The van der Waals surface area contributed by atoms with E-state index in [1.807, 2.05) is 18.5 Å². The van der Waals surface area contributed by atoms with Crippen molar-refractivity contribution in [3.8, 4) is 23.7 Å². The molecule has 1 aliphatic heterocycles. The number of H-pyrrole nitrogens is 1. The predicted octanol–water partition coefficient (Wildman–Crippen LogP) is 2.19. The summed E-state index contributed by atoms with van der Waals surface area (Å²) in [6, 6.07) is 8.24. The van der Waals surface area contributed by atoms with E-state index in [1.165, 1.54) is 11.4 Å². The van der Waals surface area contributed by atoms with Gasteiger partial charge < -0.3 is 0 Å². The van der Waals surface area contributed by atoms with Crippen LogP contribution in [-0.4, -0.2) is 19.3 Å².